The maximum absolute atomic E-state index is 9.34. The van der Waals surface area contributed by atoms with Crippen LogP contribution >= 0.6 is 0 Å². The Balaban J connectivity index is 1.13. The molecule has 0 saturated heterocycles. The summed E-state index contributed by atoms with van der Waals surface area (Å²) in [6.07, 6.45) is 1.76. The lowest BCUT2D eigenvalue weighted by Crippen LogP contribution is -2.00. The standard InChI is InChI=1S/C45H27N5O/c46-27-29-10-7-17-34(24-29)39-23-21-36(28-47-39)45-49-43(31-13-5-2-6-14-31)48-44(50-45)35-20-22-38-41(26-35)51-40-19-9-18-37(42(38)40)33-16-8-15-32(25-33)30-11-3-1-4-12-30/h1-26,28H. The molecule has 0 fully saturated rings. The molecule has 0 aliphatic carbocycles. The van der Waals surface area contributed by atoms with Crippen LogP contribution in [0.5, 0.6) is 0 Å². The first-order chi connectivity index (χ1) is 25.2. The third-order valence-electron chi connectivity index (χ3n) is 9.01. The average Bonchev–Trinajstić information content (AvgIpc) is 3.60. The van der Waals surface area contributed by atoms with Crippen molar-refractivity contribution in [1.82, 2.24) is 19.9 Å². The maximum atomic E-state index is 9.34. The number of benzene rings is 6. The number of rotatable bonds is 6. The Morgan fingerprint density at radius 1 is 0.451 bits per heavy atom. The van der Waals surface area contributed by atoms with Crippen LogP contribution in [0, 0.1) is 11.3 Å². The van der Waals surface area contributed by atoms with Crippen LogP contribution in [0.4, 0.5) is 0 Å². The molecule has 238 valence electrons. The SMILES string of the molecule is N#Cc1cccc(-c2ccc(-c3nc(-c4ccccc4)nc(-c4ccc5c(c4)oc4cccc(-c6cccc(-c7ccccc7)c6)c45)n3)cn2)c1. The van der Waals surface area contributed by atoms with E-state index in [1.807, 2.05) is 91.0 Å². The normalized spacial score (nSPS) is 11.1. The van der Waals surface area contributed by atoms with Crippen LogP contribution in [0.2, 0.25) is 0 Å². The van der Waals surface area contributed by atoms with E-state index >= 15 is 0 Å². The molecule has 51 heavy (non-hydrogen) atoms. The molecular weight excluding hydrogens is 627 g/mol. The quantitative estimate of drug-likeness (QED) is 0.177. The van der Waals surface area contributed by atoms with Crippen LogP contribution in [0.3, 0.4) is 0 Å². The molecule has 3 aromatic heterocycles. The zero-order valence-corrected chi connectivity index (χ0v) is 27.2. The lowest BCUT2D eigenvalue weighted by atomic mass is 9.96. The first-order valence-electron chi connectivity index (χ1n) is 16.6. The minimum atomic E-state index is 0.508. The van der Waals surface area contributed by atoms with Gasteiger partial charge in [-0.3, -0.25) is 4.98 Å². The largest absolute Gasteiger partial charge is 0.456 e. The highest BCUT2D eigenvalue weighted by Gasteiger charge is 2.17. The van der Waals surface area contributed by atoms with Crippen molar-refractivity contribution in [2.45, 2.75) is 0 Å². The zero-order chi connectivity index (χ0) is 34.1. The van der Waals surface area contributed by atoms with E-state index in [1.165, 1.54) is 5.56 Å². The monoisotopic (exact) mass is 653 g/mol. The first-order valence-corrected chi connectivity index (χ1v) is 16.6. The summed E-state index contributed by atoms with van der Waals surface area (Å²) in [6, 6.07) is 54.8. The molecule has 0 unspecified atom stereocenters. The summed E-state index contributed by atoms with van der Waals surface area (Å²) in [5.74, 6) is 1.60. The third kappa shape index (κ3) is 5.69. The number of pyridine rings is 1. The van der Waals surface area contributed by atoms with Crippen molar-refractivity contribution in [3.63, 3.8) is 0 Å². The molecule has 0 saturated carbocycles. The maximum Gasteiger partial charge on any atom is 0.165 e. The second kappa shape index (κ2) is 12.7. The smallest absolute Gasteiger partial charge is 0.165 e. The van der Waals surface area contributed by atoms with Crippen molar-refractivity contribution in [2.75, 3.05) is 0 Å². The van der Waals surface area contributed by atoms with Crippen molar-refractivity contribution in [3.8, 4) is 73.7 Å². The second-order valence-electron chi connectivity index (χ2n) is 12.2. The van der Waals surface area contributed by atoms with Gasteiger partial charge in [-0.1, -0.05) is 109 Å². The van der Waals surface area contributed by atoms with Crippen LogP contribution in [0.25, 0.3) is 89.6 Å². The molecule has 0 bridgehead atoms. The topological polar surface area (TPSA) is 88.5 Å². The Labute approximate surface area is 294 Å². The molecule has 0 spiro atoms. The zero-order valence-electron chi connectivity index (χ0n) is 27.2. The second-order valence-corrected chi connectivity index (χ2v) is 12.2. The minimum absolute atomic E-state index is 0.508. The predicted molar refractivity (Wildman–Crippen MR) is 202 cm³/mol. The van der Waals surface area contributed by atoms with Gasteiger partial charge < -0.3 is 4.42 Å². The van der Waals surface area contributed by atoms with E-state index in [4.69, 9.17) is 24.4 Å². The Bertz CT molecular complexity index is 2750. The van der Waals surface area contributed by atoms with E-state index in [1.54, 1.807) is 12.3 Å². The fourth-order valence-electron chi connectivity index (χ4n) is 6.50. The van der Waals surface area contributed by atoms with E-state index in [2.05, 4.69) is 66.7 Å². The fourth-order valence-corrected chi connectivity index (χ4v) is 6.50. The van der Waals surface area contributed by atoms with Gasteiger partial charge >= 0.3 is 0 Å². The number of nitriles is 1. The first kappa shape index (κ1) is 29.9. The van der Waals surface area contributed by atoms with E-state index < -0.39 is 0 Å². The average molecular weight is 654 g/mol. The molecule has 0 N–H and O–H groups in total. The highest BCUT2D eigenvalue weighted by atomic mass is 16.3. The molecule has 9 rings (SSSR count). The lowest BCUT2D eigenvalue weighted by Gasteiger charge is -2.09. The summed E-state index contributed by atoms with van der Waals surface area (Å²) in [5.41, 5.74) is 10.8. The minimum Gasteiger partial charge on any atom is -0.456 e. The molecule has 0 radical (unpaired) electrons. The molecule has 9 aromatic rings. The van der Waals surface area contributed by atoms with Gasteiger partial charge in [0, 0.05) is 39.2 Å². The molecule has 0 atom stereocenters. The van der Waals surface area contributed by atoms with Gasteiger partial charge in [0.15, 0.2) is 17.5 Å². The summed E-state index contributed by atoms with van der Waals surface area (Å²) < 4.78 is 6.49. The number of fused-ring (bicyclic) bond motifs is 3. The van der Waals surface area contributed by atoms with Crippen LogP contribution in [-0.4, -0.2) is 19.9 Å². The highest BCUT2D eigenvalue weighted by molar-refractivity contribution is 6.13. The van der Waals surface area contributed by atoms with Gasteiger partial charge in [-0.2, -0.15) is 5.26 Å². The van der Waals surface area contributed by atoms with Crippen molar-refractivity contribution >= 4 is 21.9 Å². The highest BCUT2D eigenvalue weighted by Crippen LogP contribution is 2.39. The van der Waals surface area contributed by atoms with Crippen molar-refractivity contribution in [3.05, 3.63) is 169 Å². The molecule has 0 aliphatic heterocycles. The molecule has 0 aliphatic rings. The molecular formula is C45H27N5O. The van der Waals surface area contributed by atoms with Crippen molar-refractivity contribution < 1.29 is 4.42 Å². The third-order valence-corrected chi connectivity index (χ3v) is 9.01. The number of nitrogens with zero attached hydrogens (tertiary/aromatic N) is 5. The molecule has 0 amide bonds. The van der Waals surface area contributed by atoms with Gasteiger partial charge in [0.05, 0.1) is 17.3 Å². The van der Waals surface area contributed by atoms with Crippen LogP contribution in [0.15, 0.2) is 168 Å². The summed E-state index contributed by atoms with van der Waals surface area (Å²) in [4.78, 5) is 19.5. The van der Waals surface area contributed by atoms with E-state index in [0.29, 0.717) is 23.0 Å². The molecule has 6 nitrogen and oxygen atoms in total. The fraction of sp³-hybridized carbons (Fsp3) is 0. The van der Waals surface area contributed by atoms with E-state index in [0.717, 1.165) is 66.6 Å². The van der Waals surface area contributed by atoms with Gasteiger partial charge in [0.2, 0.25) is 0 Å². The van der Waals surface area contributed by atoms with Crippen LogP contribution < -0.4 is 0 Å². The van der Waals surface area contributed by atoms with Crippen molar-refractivity contribution in [2.24, 2.45) is 0 Å². The van der Waals surface area contributed by atoms with Crippen molar-refractivity contribution in [1.29, 1.82) is 5.26 Å². The number of aromatic nitrogens is 4. The van der Waals surface area contributed by atoms with Gasteiger partial charge in [-0.15, -0.1) is 0 Å². The summed E-state index contributed by atoms with van der Waals surface area (Å²) in [6.45, 7) is 0. The number of hydrogen-bond acceptors (Lipinski definition) is 6. The summed E-state index contributed by atoms with van der Waals surface area (Å²) >= 11 is 0. The Morgan fingerprint density at radius 2 is 1.10 bits per heavy atom. The lowest BCUT2D eigenvalue weighted by molar-refractivity contribution is 0.669. The number of hydrogen-bond donors (Lipinski definition) is 0. The predicted octanol–water partition coefficient (Wildman–Crippen LogP) is 11.0. The van der Waals surface area contributed by atoms with Gasteiger partial charge in [0.25, 0.3) is 0 Å². The Hall–Kier alpha value is -7.23. The Morgan fingerprint density at radius 3 is 1.86 bits per heavy atom. The van der Waals surface area contributed by atoms with Gasteiger partial charge in [0.1, 0.15) is 11.2 Å². The molecule has 6 heteroatoms. The summed E-state index contributed by atoms with van der Waals surface area (Å²) in [5, 5.41) is 11.4. The van der Waals surface area contributed by atoms with Gasteiger partial charge in [-0.25, -0.2) is 15.0 Å². The van der Waals surface area contributed by atoms with E-state index in [9.17, 15) is 5.26 Å². The van der Waals surface area contributed by atoms with Crippen LogP contribution in [-0.2, 0) is 0 Å². The van der Waals surface area contributed by atoms with Crippen LogP contribution in [0.1, 0.15) is 5.56 Å². The molecule has 3 heterocycles. The molecule has 6 aromatic carbocycles. The number of furan rings is 1. The van der Waals surface area contributed by atoms with Gasteiger partial charge in [-0.05, 0) is 70.8 Å². The Kier molecular flexibility index (Phi) is 7.42. The summed E-state index contributed by atoms with van der Waals surface area (Å²) in [7, 11) is 0. The van der Waals surface area contributed by atoms with E-state index in [-0.39, 0.29) is 0 Å².